The predicted octanol–water partition coefficient (Wildman–Crippen LogP) is 4.27. The lowest BCUT2D eigenvalue weighted by atomic mass is 10.1. The van der Waals surface area contributed by atoms with Crippen molar-refractivity contribution in [2.75, 3.05) is 7.05 Å². The summed E-state index contributed by atoms with van der Waals surface area (Å²) in [6, 6.07) is 18.9. The molecule has 0 aliphatic rings. The van der Waals surface area contributed by atoms with Gasteiger partial charge in [-0.2, -0.15) is 5.10 Å². The van der Waals surface area contributed by atoms with Gasteiger partial charge in [-0.3, -0.25) is 4.90 Å². The molecule has 1 aromatic heterocycles. The van der Waals surface area contributed by atoms with Crippen LogP contribution in [-0.2, 0) is 13.1 Å². The van der Waals surface area contributed by atoms with Crippen molar-refractivity contribution in [3.63, 3.8) is 0 Å². The van der Waals surface area contributed by atoms with E-state index in [-0.39, 0.29) is 0 Å². The first-order valence-corrected chi connectivity index (χ1v) is 8.02. The summed E-state index contributed by atoms with van der Waals surface area (Å²) in [7, 11) is 2.14. The number of rotatable bonds is 5. The molecule has 0 bridgehead atoms. The van der Waals surface area contributed by atoms with Gasteiger partial charge in [-0.15, -0.1) is 0 Å². The highest BCUT2D eigenvalue weighted by Gasteiger charge is 2.03. The molecule has 0 spiro atoms. The van der Waals surface area contributed by atoms with Gasteiger partial charge in [0.15, 0.2) is 0 Å². The second-order valence-corrected chi connectivity index (χ2v) is 6.33. The van der Waals surface area contributed by atoms with Crippen LogP contribution in [0.5, 0.6) is 0 Å². The molecule has 0 N–H and O–H groups in total. The molecule has 0 aliphatic heterocycles. The molecule has 0 unspecified atom stereocenters. The van der Waals surface area contributed by atoms with Gasteiger partial charge in [0.2, 0.25) is 0 Å². The van der Waals surface area contributed by atoms with E-state index in [9.17, 15) is 0 Å². The monoisotopic (exact) mass is 355 g/mol. The van der Waals surface area contributed by atoms with Crippen LogP contribution in [0.1, 0.15) is 11.1 Å². The van der Waals surface area contributed by atoms with Crippen LogP contribution in [0.4, 0.5) is 0 Å². The molecular weight excluding hydrogens is 338 g/mol. The minimum Gasteiger partial charge on any atom is -0.298 e. The minimum atomic E-state index is 0.926. The molecule has 0 aliphatic carbocycles. The fraction of sp³-hybridized carbons (Fsp3) is 0.167. The van der Waals surface area contributed by atoms with Crippen LogP contribution in [0.25, 0.3) is 5.69 Å². The van der Waals surface area contributed by atoms with Gasteiger partial charge < -0.3 is 0 Å². The van der Waals surface area contributed by atoms with E-state index in [0.29, 0.717) is 0 Å². The number of hydrogen-bond donors (Lipinski definition) is 0. The van der Waals surface area contributed by atoms with E-state index >= 15 is 0 Å². The van der Waals surface area contributed by atoms with Gasteiger partial charge in [0, 0.05) is 30.0 Å². The molecule has 1 heterocycles. The molecule has 0 fully saturated rings. The molecule has 0 saturated heterocycles. The molecule has 3 aromatic rings. The molecule has 0 amide bonds. The molecule has 2 aromatic carbocycles. The summed E-state index contributed by atoms with van der Waals surface area (Å²) in [5.41, 5.74) is 3.71. The summed E-state index contributed by atoms with van der Waals surface area (Å²) in [4.78, 5) is 2.31. The highest BCUT2D eigenvalue weighted by atomic mass is 79.9. The third kappa shape index (κ3) is 3.84. The lowest BCUT2D eigenvalue weighted by molar-refractivity contribution is 0.319. The third-order valence-electron chi connectivity index (χ3n) is 3.52. The van der Waals surface area contributed by atoms with Crippen LogP contribution in [-0.4, -0.2) is 21.7 Å². The van der Waals surface area contributed by atoms with Crippen LogP contribution in [0.3, 0.4) is 0 Å². The van der Waals surface area contributed by atoms with Crippen molar-refractivity contribution < 1.29 is 0 Å². The molecule has 22 heavy (non-hydrogen) atoms. The van der Waals surface area contributed by atoms with Crippen molar-refractivity contribution >= 4 is 15.9 Å². The second-order valence-electron chi connectivity index (χ2n) is 5.42. The zero-order valence-corrected chi connectivity index (χ0v) is 14.1. The Bertz CT molecular complexity index is 703. The maximum Gasteiger partial charge on any atom is 0.0645 e. The van der Waals surface area contributed by atoms with Gasteiger partial charge in [0.05, 0.1) is 5.69 Å². The Morgan fingerprint density at radius 2 is 1.55 bits per heavy atom. The average molecular weight is 356 g/mol. The SMILES string of the molecule is CN(Cc1ccc(Br)cc1)Cc1ccc(-n2cccn2)cc1. The Balaban J connectivity index is 1.61. The minimum absolute atomic E-state index is 0.926. The fourth-order valence-corrected chi connectivity index (χ4v) is 2.71. The molecule has 3 rings (SSSR count). The van der Waals surface area contributed by atoms with Crippen molar-refractivity contribution in [2.45, 2.75) is 13.1 Å². The summed E-state index contributed by atoms with van der Waals surface area (Å²) in [5.74, 6) is 0. The molecule has 0 atom stereocenters. The number of halogens is 1. The van der Waals surface area contributed by atoms with E-state index in [1.165, 1.54) is 11.1 Å². The molecular formula is C18H18BrN3. The van der Waals surface area contributed by atoms with Crippen molar-refractivity contribution in [2.24, 2.45) is 0 Å². The molecule has 0 radical (unpaired) electrons. The summed E-state index contributed by atoms with van der Waals surface area (Å²) >= 11 is 3.47. The maximum atomic E-state index is 4.24. The Kier molecular flexibility index (Phi) is 4.71. The Morgan fingerprint density at radius 1 is 0.955 bits per heavy atom. The normalized spacial score (nSPS) is 11.0. The zero-order valence-electron chi connectivity index (χ0n) is 12.5. The smallest absolute Gasteiger partial charge is 0.0645 e. The number of aromatic nitrogens is 2. The lowest BCUT2D eigenvalue weighted by Crippen LogP contribution is -2.17. The van der Waals surface area contributed by atoms with Gasteiger partial charge in [-0.25, -0.2) is 4.68 Å². The van der Waals surface area contributed by atoms with Crippen molar-refractivity contribution in [1.82, 2.24) is 14.7 Å². The largest absolute Gasteiger partial charge is 0.298 e. The summed E-state index contributed by atoms with van der Waals surface area (Å²) in [5, 5.41) is 4.24. The predicted molar refractivity (Wildman–Crippen MR) is 92.9 cm³/mol. The molecule has 4 heteroatoms. The van der Waals surface area contributed by atoms with E-state index in [1.54, 1.807) is 6.20 Å². The van der Waals surface area contributed by atoms with E-state index < -0.39 is 0 Å². The van der Waals surface area contributed by atoms with E-state index in [2.05, 4.69) is 81.5 Å². The first-order valence-electron chi connectivity index (χ1n) is 7.23. The van der Waals surface area contributed by atoms with Crippen molar-refractivity contribution in [1.29, 1.82) is 0 Å². The van der Waals surface area contributed by atoms with Gasteiger partial charge in [-0.1, -0.05) is 40.2 Å². The quantitative estimate of drug-likeness (QED) is 0.681. The molecule has 0 saturated carbocycles. The Labute approximate surface area is 139 Å². The fourth-order valence-electron chi connectivity index (χ4n) is 2.44. The Morgan fingerprint density at radius 3 is 2.09 bits per heavy atom. The lowest BCUT2D eigenvalue weighted by Gasteiger charge is -2.17. The summed E-state index contributed by atoms with van der Waals surface area (Å²) < 4.78 is 2.99. The molecule has 112 valence electrons. The third-order valence-corrected chi connectivity index (χ3v) is 4.05. The number of nitrogens with zero attached hydrogens (tertiary/aromatic N) is 3. The number of hydrogen-bond acceptors (Lipinski definition) is 2. The maximum absolute atomic E-state index is 4.24. The molecule has 3 nitrogen and oxygen atoms in total. The zero-order chi connectivity index (χ0) is 15.4. The second kappa shape index (κ2) is 6.90. The van der Waals surface area contributed by atoms with Crippen molar-refractivity contribution in [3.05, 3.63) is 82.6 Å². The topological polar surface area (TPSA) is 21.1 Å². The van der Waals surface area contributed by atoms with Crippen LogP contribution in [0.2, 0.25) is 0 Å². The van der Waals surface area contributed by atoms with Crippen LogP contribution in [0, 0.1) is 0 Å². The van der Waals surface area contributed by atoms with Crippen molar-refractivity contribution in [3.8, 4) is 5.69 Å². The van der Waals surface area contributed by atoms with E-state index in [4.69, 9.17) is 0 Å². The van der Waals surface area contributed by atoms with E-state index in [0.717, 1.165) is 23.2 Å². The van der Waals surface area contributed by atoms with Crippen LogP contribution in [0.15, 0.2) is 71.5 Å². The van der Waals surface area contributed by atoms with Gasteiger partial charge in [-0.05, 0) is 48.5 Å². The first-order chi connectivity index (χ1) is 10.7. The summed E-state index contributed by atoms with van der Waals surface area (Å²) in [6.45, 7) is 1.86. The van der Waals surface area contributed by atoms with E-state index in [1.807, 2.05) is 16.9 Å². The van der Waals surface area contributed by atoms with Crippen LogP contribution >= 0.6 is 15.9 Å². The Hall–Kier alpha value is -1.91. The summed E-state index contributed by atoms with van der Waals surface area (Å²) in [6.07, 6.45) is 3.74. The number of benzene rings is 2. The first kappa shape index (κ1) is 15.0. The highest BCUT2D eigenvalue weighted by Crippen LogP contribution is 2.14. The van der Waals surface area contributed by atoms with Gasteiger partial charge in [0.25, 0.3) is 0 Å². The van der Waals surface area contributed by atoms with Gasteiger partial charge in [0.1, 0.15) is 0 Å². The highest BCUT2D eigenvalue weighted by molar-refractivity contribution is 9.10. The average Bonchev–Trinajstić information content (AvgIpc) is 3.05. The van der Waals surface area contributed by atoms with Gasteiger partial charge >= 0.3 is 0 Å². The standard InChI is InChI=1S/C18H18BrN3/c1-21(13-15-3-7-17(19)8-4-15)14-16-5-9-18(10-6-16)22-12-2-11-20-22/h2-12H,13-14H2,1H3. The van der Waals surface area contributed by atoms with Crippen LogP contribution < -0.4 is 0 Å².